The number of ether oxygens (including phenoxy) is 1. The monoisotopic (exact) mass is 209 g/mol. The molecule has 0 radical (unpaired) electrons. The molecule has 0 aliphatic heterocycles. The highest BCUT2D eigenvalue weighted by molar-refractivity contribution is 5.01. The molecule has 1 aromatic rings. The summed E-state index contributed by atoms with van der Waals surface area (Å²) >= 11 is 0. The predicted octanol–water partition coefficient (Wildman–Crippen LogP) is 1.46. The standard InChI is InChI=1S/C11H19N3O/c1-15-11-4-2-10(3-5-11)12-6-9-7-13-14-8-9/h7-8,10-12H,2-6H2,1H3,(H,13,14). The summed E-state index contributed by atoms with van der Waals surface area (Å²) in [5.41, 5.74) is 1.23. The number of nitrogens with one attached hydrogen (secondary N) is 2. The Morgan fingerprint density at radius 2 is 2.27 bits per heavy atom. The van der Waals surface area contributed by atoms with Crippen molar-refractivity contribution >= 4 is 0 Å². The second kappa shape index (κ2) is 5.28. The Morgan fingerprint density at radius 1 is 1.47 bits per heavy atom. The summed E-state index contributed by atoms with van der Waals surface area (Å²) in [6.07, 6.45) is 9.09. The van der Waals surface area contributed by atoms with Crippen LogP contribution in [0, 0.1) is 0 Å². The van der Waals surface area contributed by atoms with Gasteiger partial charge in [-0.05, 0) is 25.7 Å². The van der Waals surface area contributed by atoms with Crippen LogP contribution < -0.4 is 5.32 Å². The number of hydrogen-bond donors (Lipinski definition) is 2. The van der Waals surface area contributed by atoms with Gasteiger partial charge in [0.15, 0.2) is 0 Å². The van der Waals surface area contributed by atoms with Gasteiger partial charge in [-0.1, -0.05) is 0 Å². The number of aromatic amines is 1. The van der Waals surface area contributed by atoms with Gasteiger partial charge in [0, 0.05) is 31.5 Å². The first-order valence-corrected chi connectivity index (χ1v) is 5.62. The summed E-state index contributed by atoms with van der Waals surface area (Å²) in [5, 5.41) is 10.3. The van der Waals surface area contributed by atoms with Crippen LogP contribution in [0.1, 0.15) is 31.2 Å². The fourth-order valence-corrected chi connectivity index (χ4v) is 2.14. The minimum atomic E-state index is 0.483. The molecule has 0 aromatic carbocycles. The molecule has 0 spiro atoms. The molecule has 1 saturated carbocycles. The third kappa shape index (κ3) is 3.04. The van der Waals surface area contributed by atoms with E-state index < -0.39 is 0 Å². The average molecular weight is 209 g/mol. The van der Waals surface area contributed by atoms with Gasteiger partial charge in [-0.3, -0.25) is 5.10 Å². The van der Waals surface area contributed by atoms with Gasteiger partial charge in [0.05, 0.1) is 12.3 Å². The Bertz CT molecular complexity index is 265. The second-order valence-electron chi connectivity index (χ2n) is 4.20. The topological polar surface area (TPSA) is 49.9 Å². The normalized spacial score (nSPS) is 26.7. The molecular formula is C11H19N3O. The molecule has 84 valence electrons. The first-order valence-electron chi connectivity index (χ1n) is 5.62. The summed E-state index contributed by atoms with van der Waals surface area (Å²) < 4.78 is 5.35. The minimum Gasteiger partial charge on any atom is -0.381 e. The highest BCUT2D eigenvalue weighted by atomic mass is 16.5. The Labute approximate surface area is 90.4 Å². The maximum Gasteiger partial charge on any atom is 0.0572 e. The molecule has 2 rings (SSSR count). The number of rotatable bonds is 4. The zero-order chi connectivity index (χ0) is 10.5. The fraction of sp³-hybridized carbons (Fsp3) is 0.727. The van der Waals surface area contributed by atoms with Gasteiger partial charge in [-0.25, -0.2) is 0 Å². The molecule has 1 aliphatic carbocycles. The Hall–Kier alpha value is -0.870. The van der Waals surface area contributed by atoms with Crippen LogP contribution in [0.25, 0.3) is 0 Å². The lowest BCUT2D eigenvalue weighted by Gasteiger charge is -2.28. The molecule has 4 heteroatoms. The molecule has 4 nitrogen and oxygen atoms in total. The predicted molar refractivity (Wildman–Crippen MR) is 58.5 cm³/mol. The van der Waals surface area contributed by atoms with Gasteiger partial charge in [-0.15, -0.1) is 0 Å². The van der Waals surface area contributed by atoms with E-state index >= 15 is 0 Å². The van der Waals surface area contributed by atoms with Crippen LogP contribution in [0.4, 0.5) is 0 Å². The zero-order valence-electron chi connectivity index (χ0n) is 9.20. The average Bonchev–Trinajstić information content (AvgIpc) is 2.80. The number of methoxy groups -OCH3 is 1. The van der Waals surface area contributed by atoms with E-state index in [9.17, 15) is 0 Å². The number of H-pyrrole nitrogens is 1. The summed E-state index contributed by atoms with van der Waals surface area (Å²) in [5.74, 6) is 0. The number of aromatic nitrogens is 2. The molecule has 1 fully saturated rings. The van der Waals surface area contributed by atoms with Gasteiger partial charge < -0.3 is 10.1 Å². The number of hydrogen-bond acceptors (Lipinski definition) is 3. The first-order chi connectivity index (χ1) is 7.38. The highest BCUT2D eigenvalue weighted by Crippen LogP contribution is 2.20. The van der Waals surface area contributed by atoms with Gasteiger partial charge in [-0.2, -0.15) is 5.10 Å². The molecule has 0 unspecified atom stereocenters. The molecule has 2 N–H and O–H groups in total. The van der Waals surface area contributed by atoms with Crippen molar-refractivity contribution in [2.45, 2.75) is 44.4 Å². The molecule has 1 heterocycles. The molecular weight excluding hydrogens is 190 g/mol. The van der Waals surface area contributed by atoms with Crippen LogP contribution in [0.5, 0.6) is 0 Å². The van der Waals surface area contributed by atoms with E-state index in [-0.39, 0.29) is 0 Å². The fourth-order valence-electron chi connectivity index (χ4n) is 2.14. The number of nitrogens with zero attached hydrogens (tertiary/aromatic N) is 1. The van der Waals surface area contributed by atoms with Gasteiger partial charge in [0.2, 0.25) is 0 Å². The summed E-state index contributed by atoms with van der Waals surface area (Å²) in [7, 11) is 1.81. The molecule has 0 saturated heterocycles. The molecule has 15 heavy (non-hydrogen) atoms. The van der Waals surface area contributed by atoms with Crippen LogP contribution in [0.15, 0.2) is 12.4 Å². The summed E-state index contributed by atoms with van der Waals surface area (Å²) in [4.78, 5) is 0. The molecule has 0 amide bonds. The molecule has 0 bridgehead atoms. The van der Waals surface area contributed by atoms with E-state index in [2.05, 4.69) is 15.5 Å². The van der Waals surface area contributed by atoms with Crippen LogP contribution >= 0.6 is 0 Å². The minimum absolute atomic E-state index is 0.483. The van der Waals surface area contributed by atoms with E-state index in [1.54, 1.807) is 0 Å². The lowest BCUT2D eigenvalue weighted by Crippen LogP contribution is -2.34. The van der Waals surface area contributed by atoms with E-state index in [1.807, 2.05) is 19.5 Å². The lowest BCUT2D eigenvalue weighted by molar-refractivity contribution is 0.0624. The third-order valence-corrected chi connectivity index (χ3v) is 3.16. The van der Waals surface area contributed by atoms with Crippen molar-refractivity contribution in [3.63, 3.8) is 0 Å². The Kier molecular flexibility index (Phi) is 3.75. The van der Waals surface area contributed by atoms with Crippen molar-refractivity contribution in [2.24, 2.45) is 0 Å². The lowest BCUT2D eigenvalue weighted by atomic mass is 9.93. The van der Waals surface area contributed by atoms with Gasteiger partial charge >= 0.3 is 0 Å². The maximum absolute atomic E-state index is 5.35. The summed E-state index contributed by atoms with van der Waals surface area (Å²) in [6.45, 7) is 0.915. The van der Waals surface area contributed by atoms with Crippen molar-refractivity contribution in [3.05, 3.63) is 18.0 Å². The molecule has 1 aromatic heterocycles. The molecule has 1 aliphatic rings. The van der Waals surface area contributed by atoms with Crippen molar-refractivity contribution in [3.8, 4) is 0 Å². The summed E-state index contributed by atoms with van der Waals surface area (Å²) in [6, 6.07) is 0.645. The van der Waals surface area contributed by atoms with Crippen molar-refractivity contribution in [2.75, 3.05) is 7.11 Å². The van der Waals surface area contributed by atoms with Gasteiger partial charge in [0.1, 0.15) is 0 Å². The highest BCUT2D eigenvalue weighted by Gasteiger charge is 2.20. The van der Waals surface area contributed by atoms with Crippen LogP contribution in [-0.2, 0) is 11.3 Å². The van der Waals surface area contributed by atoms with E-state index in [0.717, 1.165) is 6.54 Å². The van der Waals surface area contributed by atoms with Crippen molar-refractivity contribution in [1.29, 1.82) is 0 Å². The van der Waals surface area contributed by atoms with E-state index in [1.165, 1.54) is 31.2 Å². The maximum atomic E-state index is 5.35. The zero-order valence-corrected chi connectivity index (χ0v) is 9.20. The molecule has 0 atom stereocenters. The first kappa shape index (κ1) is 10.6. The Morgan fingerprint density at radius 3 is 2.87 bits per heavy atom. The smallest absolute Gasteiger partial charge is 0.0572 e. The third-order valence-electron chi connectivity index (χ3n) is 3.16. The van der Waals surface area contributed by atoms with E-state index in [4.69, 9.17) is 4.74 Å². The van der Waals surface area contributed by atoms with Crippen LogP contribution in [0.3, 0.4) is 0 Å². The van der Waals surface area contributed by atoms with E-state index in [0.29, 0.717) is 12.1 Å². The largest absolute Gasteiger partial charge is 0.381 e. The Balaban J connectivity index is 1.69. The van der Waals surface area contributed by atoms with Gasteiger partial charge in [0.25, 0.3) is 0 Å². The van der Waals surface area contributed by atoms with Crippen molar-refractivity contribution in [1.82, 2.24) is 15.5 Å². The van der Waals surface area contributed by atoms with Crippen LogP contribution in [0.2, 0.25) is 0 Å². The van der Waals surface area contributed by atoms with Crippen LogP contribution in [-0.4, -0.2) is 29.5 Å². The SMILES string of the molecule is COC1CCC(NCc2cn[nH]c2)CC1. The second-order valence-corrected chi connectivity index (χ2v) is 4.20. The van der Waals surface area contributed by atoms with Crippen molar-refractivity contribution < 1.29 is 4.74 Å². The quantitative estimate of drug-likeness (QED) is 0.789.